The number of amides is 1. The Balaban J connectivity index is 1.70. The van der Waals surface area contributed by atoms with E-state index < -0.39 is 0 Å². The minimum Gasteiger partial charge on any atom is -0.497 e. The van der Waals surface area contributed by atoms with Gasteiger partial charge in [0.1, 0.15) is 11.4 Å². The standard InChI is InChI=1S/C32H44N4O2/c1-24(2)14-20-35(21-15-25(3)4)32(37)27-16-22-36-30(23-27)29(9-8-19-34-17-6-7-18-34)31(33-36)26-10-12-28(38-5)13-11-26/h8-13,16,22-25H,6-7,14-15,17-21H2,1-5H3/b9-8+. The predicted octanol–water partition coefficient (Wildman–Crippen LogP) is 6.65. The van der Waals surface area contributed by atoms with Crippen LogP contribution in [0.3, 0.4) is 0 Å². The fraction of sp³-hybridized carbons (Fsp3) is 0.500. The Labute approximate surface area is 228 Å². The summed E-state index contributed by atoms with van der Waals surface area (Å²) in [6.07, 6.45) is 10.9. The average Bonchev–Trinajstić information content (AvgIpc) is 3.56. The van der Waals surface area contributed by atoms with Crippen LogP contribution in [0.15, 0.2) is 48.7 Å². The van der Waals surface area contributed by atoms with Crippen LogP contribution in [-0.2, 0) is 0 Å². The lowest BCUT2D eigenvalue weighted by molar-refractivity contribution is 0.0741. The third-order valence-electron chi connectivity index (χ3n) is 7.37. The van der Waals surface area contributed by atoms with Crippen molar-refractivity contribution in [3.05, 3.63) is 59.8 Å². The number of fused-ring (bicyclic) bond motifs is 1. The molecule has 0 N–H and O–H groups in total. The molecule has 3 heterocycles. The molecule has 0 spiro atoms. The number of nitrogens with zero attached hydrogens (tertiary/aromatic N) is 4. The lowest BCUT2D eigenvalue weighted by atomic mass is 10.0. The molecule has 4 rings (SSSR count). The number of rotatable bonds is 12. The van der Waals surface area contributed by atoms with Crippen molar-refractivity contribution in [3.8, 4) is 17.0 Å². The summed E-state index contributed by atoms with van der Waals surface area (Å²) in [5, 5.41) is 4.94. The van der Waals surface area contributed by atoms with Crippen molar-refractivity contribution in [1.29, 1.82) is 0 Å². The lowest BCUT2D eigenvalue weighted by Crippen LogP contribution is -2.34. The summed E-state index contributed by atoms with van der Waals surface area (Å²) in [7, 11) is 1.68. The van der Waals surface area contributed by atoms with Crippen LogP contribution in [0.25, 0.3) is 22.9 Å². The maximum absolute atomic E-state index is 13.7. The van der Waals surface area contributed by atoms with Gasteiger partial charge in [-0.1, -0.05) is 39.8 Å². The number of ether oxygens (including phenoxy) is 1. The molecule has 1 aliphatic rings. The van der Waals surface area contributed by atoms with Gasteiger partial charge in [0.05, 0.1) is 12.6 Å². The third-order valence-corrected chi connectivity index (χ3v) is 7.37. The maximum atomic E-state index is 13.7. The molecule has 0 unspecified atom stereocenters. The molecule has 204 valence electrons. The van der Waals surface area contributed by atoms with Crippen molar-refractivity contribution < 1.29 is 9.53 Å². The molecular weight excluding hydrogens is 472 g/mol. The number of hydrogen-bond donors (Lipinski definition) is 0. The molecule has 6 heteroatoms. The minimum atomic E-state index is 0.105. The number of benzene rings is 1. The van der Waals surface area contributed by atoms with Crippen molar-refractivity contribution in [2.45, 2.75) is 53.4 Å². The van der Waals surface area contributed by atoms with Crippen LogP contribution in [0.5, 0.6) is 5.75 Å². The van der Waals surface area contributed by atoms with Crippen LogP contribution in [0.1, 0.15) is 69.3 Å². The first-order valence-electron chi connectivity index (χ1n) is 14.2. The summed E-state index contributed by atoms with van der Waals surface area (Å²) in [5.41, 5.74) is 4.65. The summed E-state index contributed by atoms with van der Waals surface area (Å²) >= 11 is 0. The van der Waals surface area contributed by atoms with E-state index in [1.165, 1.54) is 12.8 Å². The Morgan fingerprint density at radius 1 is 1.03 bits per heavy atom. The molecule has 6 nitrogen and oxygen atoms in total. The van der Waals surface area contributed by atoms with Gasteiger partial charge in [-0.3, -0.25) is 9.69 Å². The molecule has 1 aromatic carbocycles. The normalized spacial score (nSPS) is 14.4. The Morgan fingerprint density at radius 3 is 2.29 bits per heavy atom. The third kappa shape index (κ3) is 7.04. The molecule has 38 heavy (non-hydrogen) atoms. The maximum Gasteiger partial charge on any atom is 0.253 e. The van der Waals surface area contributed by atoms with E-state index in [-0.39, 0.29) is 5.91 Å². The molecule has 0 aliphatic carbocycles. The SMILES string of the molecule is COc1ccc(-c2nn3ccc(C(=O)N(CCC(C)C)CCC(C)C)cc3c2/C=C/CN2CCCC2)cc1. The van der Waals surface area contributed by atoms with Gasteiger partial charge in [-0.25, -0.2) is 4.52 Å². The van der Waals surface area contributed by atoms with Crippen molar-refractivity contribution in [3.63, 3.8) is 0 Å². The van der Waals surface area contributed by atoms with Crippen LogP contribution in [0.2, 0.25) is 0 Å². The van der Waals surface area contributed by atoms with E-state index in [1.807, 2.05) is 52.0 Å². The van der Waals surface area contributed by atoms with Crippen molar-refractivity contribution in [1.82, 2.24) is 19.4 Å². The highest BCUT2D eigenvalue weighted by Crippen LogP contribution is 2.30. The number of carbonyl (C=O) groups excluding carboxylic acids is 1. The molecular formula is C32H44N4O2. The van der Waals surface area contributed by atoms with Gasteiger partial charge in [0, 0.05) is 42.5 Å². The molecule has 1 fully saturated rings. The Morgan fingerprint density at radius 2 is 1.68 bits per heavy atom. The summed E-state index contributed by atoms with van der Waals surface area (Å²) < 4.78 is 7.26. The van der Waals surface area contributed by atoms with Crippen molar-refractivity contribution in [2.75, 3.05) is 39.8 Å². The average molecular weight is 517 g/mol. The largest absolute Gasteiger partial charge is 0.497 e. The van der Waals surface area contributed by atoms with Gasteiger partial charge in [0.25, 0.3) is 5.91 Å². The Bertz CT molecular complexity index is 1210. The van der Waals surface area contributed by atoms with Crippen LogP contribution in [0.4, 0.5) is 0 Å². The lowest BCUT2D eigenvalue weighted by Gasteiger charge is -2.24. The topological polar surface area (TPSA) is 50.1 Å². The molecule has 0 saturated carbocycles. The van der Waals surface area contributed by atoms with Crippen LogP contribution < -0.4 is 4.74 Å². The fourth-order valence-corrected chi connectivity index (χ4v) is 4.93. The highest BCUT2D eigenvalue weighted by atomic mass is 16.5. The van der Waals surface area contributed by atoms with E-state index in [9.17, 15) is 4.79 Å². The van der Waals surface area contributed by atoms with E-state index in [0.717, 1.165) is 79.2 Å². The fourth-order valence-electron chi connectivity index (χ4n) is 4.93. The zero-order valence-corrected chi connectivity index (χ0v) is 23.8. The summed E-state index contributed by atoms with van der Waals surface area (Å²) in [6.45, 7) is 13.7. The molecule has 3 aromatic rings. The number of pyridine rings is 1. The number of likely N-dealkylation sites (tertiary alicyclic amines) is 1. The number of carbonyl (C=O) groups is 1. The molecule has 2 aromatic heterocycles. The van der Waals surface area contributed by atoms with Crippen LogP contribution in [-0.4, -0.2) is 65.2 Å². The van der Waals surface area contributed by atoms with E-state index in [1.54, 1.807) is 7.11 Å². The second-order valence-corrected chi connectivity index (χ2v) is 11.3. The second-order valence-electron chi connectivity index (χ2n) is 11.3. The van der Waals surface area contributed by atoms with Gasteiger partial charge in [-0.05, 0) is 87.0 Å². The van der Waals surface area contributed by atoms with E-state index in [4.69, 9.17) is 9.84 Å². The van der Waals surface area contributed by atoms with Crippen molar-refractivity contribution >= 4 is 17.5 Å². The van der Waals surface area contributed by atoms with E-state index >= 15 is 0 Å². The van der Waals surface area contributed by atoms with Gasteiger partial charge in [0.15, 0.2) is 0 Å². The number of hydrogen-bond acceptors (Lipinski definition) is 4. The molecule has 1 saturated heterocycles. The monoisotopic (exact) mass is 516 g/mol. The first-order chi connectivity index (χ1) is 18.4. The molecule has 1 aliphatic heterocycles. The zero-order chi connectivity index (χ0) is 27.1. The van der Waals surface area contributed by atoms with Gasteiger partial charge >= 0.3 is 0 Å². The van der Waals surface area contributed by atoms with Gasteiger partial charge in [-0.15, -0.1) is 0 Å². The summed E-state index contributed by atoms with van der Waals surface area (Å²) in [4.78, 5) is 18.2. The number of methoxy groups -OCH3 is 1. The van der Waals surface area contributed by atoms with Crippen LogP contribution in [0, 0.1) is 11.8 Å². The van der Waals surface area contributed by atoms with Crippen LogP contribution >= 0.6 is 0 Å². The van der Waals surface area contributed by atoms with E-state index in [0.29, 0.717) is 11.8 Å². The second kappa shape index (κ2) is 13.1. The summed E-state index contributed by atoms with van der Waals surface area (Å²) in [6, 6.07) is 12.0. The smallest absolute Gasteiger partial charge is 0.253 e. The molecule has 0 radical (unpaired) electrons. The Hall–Kier alpha value is -3.12. The summed E-state index contributed by atoms with van der Waals surface area (Å²) in [5.74, 6) is 2.04. The minimum absolute atomic E-state index is 0.105. The first-order valence-corrected chi connectivity index (χ1v) is 14.2. The molecule has 0 bridgehead atoms. The molecule has 1 amide bonds. The highest BCUT2D eigenvalue weighted by molar-refractivity contribution is 5.96. The zero-order valence-electron chi connectivity index (χ0n) is 23.8. The quantitative estimate of drug-likeness (QED) is 0.270. The number of aromatic nitrogens is 2. The van der Waals surface area contributed by atoms with Crippen molar-refractivity contribution in [2.24, 2.45) is 11.8 Å². The van der Waals surface area contributed by atoms with E-state index in [2.05, 4.69) is 44.7 Å². The predicted molar refractivity (Wildman–Crippen MR) is 157 cm³/mol. The first kappa shape index (κ1) is 27.9. The highest BCUT2D eigenvalue weighted by Gasteiger charge is 2.20. The van der Waals surface area contributed by atoms with Gasteiger partial charge < -0.3 is 9.64 Å². The van der Waals surface area contributed by atoms with Gasteiger partial charge in [-0.2, -0.15) is 5.10 Å². The Kier molecular flexibility index (Phi) is 9.62. The van der Waals surface area contributed by atoms with Gasteiger partial charge in [0.2, 0.25) is 0 Å². The molecule has 0 atom stereocenters.